The molecule has 182 valence electrons. The van der Waals surface area contributed by atoms with E-state index in [1.165, 1.54) is 0 Å². The van der Waals surface area contributed by atoms with Crippen LogP contribution in [0.5, 0.6) is 0 Å². The maximum absolute atomic E-state index is 14.4. The Morgan fingerprint density at radius 1 is 1.20 bits per heavy atom. The van der Waals surface area contributed by atoms with E-state index in [1.807, 2.05) is 23.3 Å². The van der Waals surface area contributed by atoms with Crippen LogP contribution in [0.3, 0.4) is 0 Å². The monoisotopic (exact) mass is 495 g/mol. The van der Waals surface area contributed by atoms with Crippen molar-refractivity contribution in [2.45, 2.75) is 25.7 Å². The predicted molar refractivity (Wildman–Crippen MR) is 137 cm³/mol. The van der Waals surface area contributed by atoms with E-state index in [-0.39, 0.29) is 17.2 Å². The first-order valence-corrected chi connectivity index (χ1v) is 12.9. The minimum absolute atomic E-state index is 0.0409. The maximum Gasteiger partial charge on any atom is 0.269 e. The van der Waals surface area contributed by atoms with Crippen molar-refractivity contribution in [1.82, 2.24) is 19.6 Å². The predicted octanol–water partition coefficient (Wildman–Crippen LogP) is 5.38. The third kappa shape index (κ3) is 4.50. The van der Waals surface area contributed by atoms with Crippen LogP contribution in [0.25, 0.3) is 16.5 Å². The summed E-state index contributed by atoms with van der Waals surface area (Å²) in [4.78, 5) is 23.5. The Morgan fingerprint density at radius 2 is 2.06 bits per heavy atom. The number of hydrogen-bond donors (Lipinski definition) is 1. The van der Waals surface area contributed by atoms with Gasteiger partial charge >= 0.3 is 0 Å². The van der Waals surface area contributed by atoms with E-state index in [1.54, 1.807) is 43.4 Å². The lowest BCUT2D eigenvalue weighted by molar-refractivity contribution is 0.0958. The van der Waals surface area contributed by atoms with Crippen molar-refractivity contribution in [2.75, 3.05) is 37.8 Å². The first kappa shape index (κ1) is 23.7. The highest BCUT2D eigenvalue weighted by Crippen LogP contribution is 2.42. The van der Waals surface area contributed by atoms with Crippen molar-refractivity contribution in [3.63, 3.8) is 0 Å². The molecule has 1 N–H and O–H groups in total. The van der Waals surface area contributed by atoms with Gasteiger partial charge in [0.15, 0.2) is 5.82 Å². The summed E-state index contributed by atoms with van der Waals surface area (Å²) in [7, 11) is 1.56. The van der Waals surface area contributed by atoms with Gasteiger partial charge in [-0.25, -0.2) is 18.1 Å². The molecule has 6 nitrogen and oxygen atoms in total. The van der Waals surface area contributed by atoms with Crippen LogP contribution in [0.4, 0.5) is 20.3 Å². The van der Waals surface area contributed by atoms with Gasteiger partial charge in [-0.1, -0.05) is 24.1 Å². The van der Waals surface area contributed by atoms with E-state index >= 15 is 0 Å². The highest BCUT2D eigenvalue weighted by atomic mass is 32.2. The number of aryl methyl sites for hydroxylation is 1. The van der Waals surface area contributed by atoms with Crippen LogP contribution >= 0.6 is 11.9 Å². The molecule has 35 heavy (non-hydrogen) atoms. The largest absolute Gasteiger partial charge is 0.354 e. The molecule has 0 unspecified atom stereocenters. The lowest BCUT2D eigenvalue weighted by Gasteiger charge is -2.33. The Morgan fingerprint density at radius 3 is 2.77 bits per heavy atom. The Labute approximate surface area is 207 Å². The Hall–Kier alpha value is -3.04. The smallest absolute Gasteiger partial charge is 0.269 e. The summed E-state index contributed by atoms with van der Waals surface area (Å²) in [6.07, 6.45) is 5.57. The zero-order valence-corrected chi connectivity index (χ0v) is 20.5. The molecule has 1 amide bonds. The van der Waals surface area contributed by atoms with Gasteiger partial charge in [0.2, 0.25) is 0 Å². The molecule has 1 aromatic carbocycles. The summed E-state index contributed by atoms with van der Waals surface area (Å²) in [5.41, 5.74) is 4.31. The summed E-state index contributed by atoms with van der Waals surface area (Å²) in [6.45, 7) is 2.19. The minimum Gasteiger partial charge on any atom is -0.354 e. The number of nitrogens with one attached hydrogen (secondary N) is 1. The first-order chi connectivity index (χ1) is 17.0. The number of anilines is 2. The Kier molecular flexibility index (Phi) is 6.71. The van der Waals surface area contributed by atoms with E-state index in [0.29, 0.717) is 29.1 Å². The van der Waals surface area contributed by atoms with Gasteiger partial charge in [0, 0.05) is 49.5 Å². The van der Waals surface area contributed by atoms with Gasteiger partial charge in [0.25, 0.3) is 12.3 Å². The molecular weight excluding hydrogens is 468 g/mol. The Bertz CT molecular complexity index is 1310. The molecule has 2 aliphatic rings. The quantitative estimate of drug-likeness (QED) is 0.480. The zero-order chi connectivity index (χ0) is 24.5. The maximum atomic E-state index is 14.4. The number of rotatable bonds is 5. The SMILES string of the molecule is CNC(=O)c1cc2cccnc2c(N2CCCc3cc(C4=CCN(SC)CC4)c(C(F)F)cc32)n1. The van der Waals surface area contributed by atoms with Gasteiger partial charge in [-0.3, -0.25) is 9.78 Å². The van der Waals surface area contributed by atoms with Crippen LogP contribution < -0.4 is 10.2 Å². The zero-order valence-electron chi connectivity index (χ0n) is 19.7. The molecule has 0 fully saturated rings. The van der Waals surface area contributed by atoms with Gasteiger partial charge in [0.1, 0.15) is 11.2 Å². The average Bonchev–Trinajstić information content (AvgIpc) is 2.90. The lowest BCUT2D eigenvalue weighted by Crippen LogP contribution is -2.28. The molecule has 3 aromatic rings. The number of halogens is 2. The van der Waals surface area contributed by atoms with Crippen LogP contribution in [0.15, 0.2) is 42.6 Å². The number of benzene rings is 1. The van der Waals surface area contributed by atoms with Crippen molar-refractivity contribution in [3.8, 4) is 0 Å². The summed E-state index contributed by atoms with van der Waals surface area (Å²) in [5, 5.41) is 3.40. The third-order valence-corrected chi connectivity index (χ3v) is 7.51. The molecule has 0 spiro atoms. The number of alkyl halides is 2. The molecule has 4 heterocycles. The fourth-order valence-electron chi connectivity index (χ4n) is 4.89. The number of carbonyl (C=O) groups is 1. The van der Waals surface area contributed by atoms with Crippen molar-refractivity contribution < 1.29 is 13.6 Å². The summed E-state index contributed by atoms with van der Waals surface area (Å²) in [5.74, 6) is 0.212. The second-order valence-corrected chi connectivity index (χ2v) is 9.54. The second kappa shape index (κ2) is 9.91. The number of nitrogens with zero attached hydrogens (tertiary/aromatic N) is 4. The fraction of sp³-hybridized carbons (Fsp3) is 0.346. The van der Waals surface area contributed by atoms with Crippen molar-refractivity contribution in [2.24, 2.45) is 0 Å². The number of amides is 1. The number of fused-ring (bicyclic) bond motifs is 2. The van der Waals surface area contributed by atoms with Gasteiger partial charge in [-0.2, -0.15) is 0 Å². The highest BCUT2D eigenvalue weighted by Gasteiger charge is 2.28. The number of aromatic nitrogens is 2. The molecule has 0 bridgehead atoms. The average molecular weight is 496 g/mol. The van der Waals surface area contributed by atoms with Crippen LogP contribution in [-0.2, 0) is 6.42 Å². The Balaban J connectivity index is 1.65. The lowest BCUT2D eigenvalue weighted by atomic mass is 9.89. The van der Waals surface area contributed by atoms with Crippen LogP contribution in [-0.4, -0.2) is 53.1 Å². The summed E-state index contributed by atoms with van der Waals surface area (Å²) < 4.78 is 30.9. The van der Waals surface area contributed by atoms with Gasteiger partial charge in [-0.15, -0.1) is 0 Å². The second-order valence-electron chi connectivity index (χ2n) is 8.66. The van der Waals surface area contributed by atoms with Crippen molar-refractivity contribution >= 4 is 45.8 Å². The molecule has 0 radical (unpaired) electrons. The highest BCUT2D eigenvalue weighted by molar-refractivity contribution is 7.96. The summed E-state index contributed by atoms with van der Waals surface area (Å²) >= 11 is 1.67. The van der Waals surface area contributed by atoms with Crippen LogP contribution in [0.2, 0.25) is 0 Å². The van der Waals surface area contributed by atoms with E-state index in [9.17, 15) is 13.6 Å². The van der Waals surface area contributed by atoms with E-state index in [0.717, 1.165) is 48.9 Å². The van der Waals surface area contributed by atoms with Gasteiger partial charge < -0.3 is 10.2 Å². The van der Waals surface area contributed by atoms with Crippen LogP contribution in [0, 0.1) is 0 Å². The third-order valence-electron chi connectivity index (χ3n) is 6.67. The van der Waals surface area contributed by atoms with E-state index in [4.69, 9.17) is 0 Å². The van der Waals surface area contributed by atoms with Gasteiger partial charge in [-0.05, 0) is 66.5 Å². The van der Waals surface area contributed by atoms with E-state index < -0.39 is 6.43 Å². The molecule has 0 aliphatic carbocycles. The number of pyridine rings is 2. The minimum atomic E-state index is -2.60. The van der Waals surface area contributed by atoms with Gasteiger partial charge in [0.05, 0.1) is 0 Å². The summed E-state index contributed by atoms with van der Waals surface area (Å²) in [6, 6.07) is 8.96. The first-order valence-electron chi connectivity index (χ1n) is 11.7. The number of hydrogen-bond acceptors (Lipinski definition) is 6. The number of carbonyl (C=O) groups excluding carboxylic acids is 1. The fourth-order valence-corrected chi connectivity index (χ4v) is 5.39. The molecule has 5 rings (SSSR count). The molecule has 0 atom stereocenters. The molecule has 0 saturated heterocycles. The van der Waals surface area contributed by atoms with E-state index in [2.05, 4.69) is 25.7 Å². The molecular formula is C26H27F2N5OS. The van der Waals surface area contributed by atoms with Crippen molar-refractivity contribution in [3.05, 3.63) is 65.0 Å². The van der Waals surface area contributed by atoms with Crippen molar-refractivity contribution in [1.29, 1.82) is 0 Å². The normalized spacial score (nSPS) is 16.4. The standard InChI is InChI=1S/C26H27F2N5OS/c1-29-26(34)21-14-18-5-3-9-30-23(18)25(31-21)33-10-4-6-17-13-19(20(24(27)28)15-22(17)33)16-7-11-32(35-2)12-8-16/h3,5,7,9,13-15,24H,4,6,8,10-12H2,1-2H3,(H,29,34). The molecule has 2 aliphatic heterocycles. The molecule has 9 heteroatoms. The molecule has 0 saturated carbocycles. The molecule has 2 aromatic heterocycles. The van der Waals surface area contributed by atoms with Crippen LogP contribution in [0.1, 0.15) is 46.4 Å². The topological polar surface area (TPSA) is 61.4 Å².